The van der Waals surface area contributed by atoms with Gasteiger partial charge in [-0.15, -0.1) is 0 Å². The fraction of sp³-hybridized carbons (Fsp3) is 0.342. The van der Waals surface area contributed by atoms with Crippen LogP contribution in [0.25, 0.3) is 0 Å². The van der Waals surface area contributed by atoms with Gasteiger partial charge in [0.1, 0.15) is 0 Å². The van der Waals surface area contributed by atoms with E-state index in [0.29, 0.717) is 6.04 Å². The van der Waals surface area contributed by atoms with Crippen LogP contribution in [0.3, 0.4) is 0 Å². The molecule has 2 aliphatic heterocycles. The van der Waals surface area contributed by atoms with Crippen molar-refractivity contribution >= 4 is 5.91 Å². The van der Waals surface area contributed by atoms with Crippen LogP contribution >= 0.6 is 0 Å². The second-order valence-corrected chi connectivity index (χ2v) is 12.1. The highest BCUT2D eigenvalue weighted by Crippen LogP contribution is 2.32. The largest absolute Gasteiger partial charge is 0.335 e. The second kappa shape index (κ2) is 13.1. The lowest BCUT2D eigenvalue weighted by Crippen LogP contribution is -2.57. The molecule has 0 unspecified atom stereocenters. The lowest BCUT2D eigenvalue weighted by Gasteiger charge is -2.47. The van der Waals surface area contributed by atoms with Crippen molar-refractivity contribution in [3.05, 3.63) is 143 Å². The number of likely N-dealkylation sites (tertiary alicyclic amines) is 1. The number of hydrogen-bond donors (Lipinski definition) is 0. The zero-order valence-corrected chi connectivity index (χ0v) is 25.0. The van der Waals surface area contributed by atoms with Crippen LogP contribution in [0, 0.1) is 13.8 Å². The number of benzene rings is 4. The summed E-state index contributed by atoms with van der Waals surface area (Å²) in [7, 11) is 0. The Balaban J connectivity index is 1.18. The van der Waals surface area contributed by atoms with Crippen LogP contribution in [0.5, 0.6) is 0 Å². The van der Waals surface area contributed by atoms with Crippen LogP contribution in [0.1, 0.15) is 57.1 Å². The first-order chi connectivity index (χ1) is 20.6. The van der Waals surface area contributed by atoms with Gasteiger partial charge < -0.3 is 4.90 Å². The number of amides is 1. The standard InChI is InChI=1S/C38H43N3O/c1-29-13-12-20-36(30(29)2)38(42)41-22-21-34(28-35(41)27-31-14-6-3-7-15-31)39-23-25-40(26-24-39)37(32-16-8-4-9-17-32)33-18-10-5-11-19-33/h3-20,34-35,37H,21-28H2,1-2H3/t34-,35+/m0/s1. The number of piperazine rings is 1. The number of hydrogen-bond acceptors (Lipinski definition) is 3. The molecule has 2 atom stereocenters. The number of piperidine rings is 1. The van der Waals surface area contributed by atoms with Gasteiger partial charge in [0.15, 0.2) is 0 Å². The molecule has 42 heavy (non-hydrogen) atoms. The number of nitrogens with zero attached hydrogens (tertiary/aromatic N) is 3. The smallest absolute Gasteiger partial charge is 0.254 e. The summed E-state index contributed by atoms with van der Waals surface area (Å²) in [6.07, 6.45) is 2.95. The SMILES string of the molecule is Cc1cccc(C(=O)N2CC[C@H](N3CCN(C(c4ccccc4)c4ccccc4)CC3)C[C@H]2Cc2ccccc2)c1C. The van der Waals surface area contributed by atoms with Crippen LogP contribution in [0.2, 0.25) is 0 Å². The zero-order valence-electron chi connectivity index (χ0n) is 25.0. The fourth-order valence-corrected chi connectivity index (χ4v) is 7.09. The predicted molar refractivity (Wildman–Crippen MR) is 172 cm³/mol. The maximum absolute atomic E-state index is 13.9. The van der Waals surface area contributed by atoms with Crippen molar-refractivity contribution in [2.45, 2.75) is 51.2 Å². The van der Waals surface area contributed by atoms with Crippen molar-refractivity contribution in [3.63, 3.8) is 0 Å². The topological polar surface area (TPSA) is 26.8 Å². The third kappa shape index (κ3) is 6.21. The second-order valence-electron chi connectivity index (χ2n) is 12.1. The molecule has 2 aliphatic rings. The summed E-state index contributed by atoms with van der Waals surface area (Å²) < 4.78 is 0. The molecule has 0 radical (unpaired) electrons. The Kier molecular flexibility index (Phi) is 8.83. The summed E-state index contributed by atoms with van der Waals surface area (Å²) in [6, 6.07) is 39.7. The van der Waals surface area contributed by atoms with Gasteiger partial charge in [-0.2, -0.15) is 0 Å². The van der Waals surface area contributed by atoms with Gasteiger partial charge in [0.2, 0.25) is 0 Å². The van der Waals surface area contributed by atoms with Gasteiger partial charge in [-0.05, 0) is 67.0 Å². The van der Waals surface area contributed by atoms with E-state index in [1.165, 1.54) is 22.3 Å². The highest BCUT2D eigenvalue weighted by Gasteiger charge is 2.37. The van der Waals surface area contributed by atoms with Crippen molar-refractivity contribution in [3.8, 4) is 0 Å². The molecule has 4 heteroatoms. The molecule has 0 bridgehead atoms. The molecule has 2 fully saturated rings. The van der Waals surface area contributed by atoms with Gasteiger partial charge in [-0.25, -0.2) is 0 Å². The normalized spacial score (nSPS) is 20.1. The van der Waals surface area contributed by atoms with Gasteiger partial charge in [0, 0.05) is 50.4 Å². The Bertz CT molecular complexity index is 1410. The molecule has 0 aromatic heterocycles. The molecule has 4 aromatic rings. The minimum atomic E-state index is 0.189. The fourth-order valence-electron chi connectivity index (χ4n) is 7.09. The van der Waals surface area contributed by atoms with E-state index in [1.54, 1.807) is 0 Å². The third-order valence-electron chi connectivity index (χ3n) is 9.56. The Morgan fingerprint density at radius 1 is 0.714 bits per heavy atom. The van der Waals surface area contributed by atoms with Crippen molar-refractivity contribution in [1.82, 2.24) is 14.7 Å². The average molecular weight is 558 g/mol. The highest BCUT2D eigenvalue weighted by atomic mass is 16.2. The van der Waals surface area contributed by atoms with Crippen LogP contribution in [0.4, 0.5) is 0 Å². The van der Waals surface area contributed by atoms with Crippen LogP contribution < -0.4 is 0 Å². The lowest BCUT2D eigenvalue weighted by atomic mass is 9.89. The Morgan fingerprint density at radius 3 is 1.93 bits per heavy atom. The molecular weight excluding hydrogens is 514 g/mol. The molecule has 4 aromatic carbocycles. The maximum atomic E-state index is 13.9. The summed E-state index contributed by atoms with van der Waals surface area (Å²) in [6.45, 7) is 9.19. The van der Waals surface area contributed by atoms with Gasteiger partial charge >= 0.3 is 0 Å². The molecule has 216 valence electrons. The van der Waals surface area contributed by atoms with E-state index in [2.05, 4.69) is 126 Å². The third-order valence-corrected chi connectivity index (χ3v) is 9.56. The summed E-state index contributed by atoms with van der Waals surface area (Å²) in [5.41, 5.74) is 7.16. The van der Waals surface area contributed by atoms with Crippen LogP contribution in [-0.2, 0) is 6.42 Å². The predicted octanol–water partition coefficient (Wildman–Crippen LogP) is 6.93. The van der Waals surface area contributed by atoms with E-state index in [-0.39, 0.29) is 18.0 Å². The van der Waals surface area contributed by atoms with E-state index >= 15 is 0 Å². The molecule has 0 N–H and O–H groups in total. The van der Waals surface area contributed by atoms with Gasteiger partial charge in [0.05, 0.1) is 6.04 Å². The Hall–Kier alpha value is -3.73. The van der Waals surface area contributed by atoms with Crippen molar-refractivity contribution in [1.29, 1.82) is 0 Å². The van der Waals surface area contributed by atoms with E-state index in [9.17, 15) is 4.79 Å². The first kappa shape index (κ1) is 28.4. The molecule has 0 saturated carbocycles. The molecule has 1 amide bonds. The van der Waals surface area contributed by atoms with Gasteiger partial charge in [-0.1, -0.05) is 103 Å². The summed E-state index contributed by atoms with van der Waals surface area (Å²) in [5, 5.41) is 0. The van der Waals surface area contributed by atoms with E-state index < -0.39 is 0 Å². The van der Waals surface area contributed by atoms with Crippen LogP contribution in [0.15, 0.2) is 109 Å². The summed E-state index contributed by atoms with van der Waals surface area (Å²) >= 11 is 0. The molecule has 0 spiro atoms. The van der Waals surface area contributed by atoms with E-state index in [1.807, 2.05) is 12.1 Å². The van der Waals surface area contributed by atoms with Crippen LogP contribution in [-0.4, -0.2) is 65.4 Å². The van der Waals surface area contributed by atoms with Crippen molar-refractivity contribution in [2.75, 3.05) is 32.7 Å². The Morgan fingerprint density at radius 2 is 1.31 bits per heavy atom. The minimum absolute atomic E-state index is 0.189. The first-order valence-corrected chi connectivity index (χ1v) is 15.6. The van der Waals surface area contributed by atoms with E-state index in [0.717, 1.165) is 63.1 Å². The Labute approximate surface area is 251 Å². The van der Waals surface area contributed by atoms with E-state index in [4.69, 9.17) is 0 Å². The van der Waals surface area contributed by atoms with Gasteiger partial charge in [-0.3, -0.25) is 14.6 Å². The maximum Gasteiger partial charge on any atom is 0.254 e. The zero-order chi connectivity index (χ0) is 28.9. The minimum Gasteiger partial charge on any atom is -0.335 e. The molecule has 2 saturated heterocycles. The monoisotopic (exact) mass is 557 g/mol. The summed E-state index contributed by atoms with van der Waals surface area (Å²) in [5.74, 6) is 0.189. The number of carbonyl (C=O) groups is 1. The van der Waals surface area contributed by atoms with Crippen molar-refractivity contribution < 1.29 is 4.79 Å². The quantitative estimate of drug-likeness (QED) is 0.247. The number of aryl methyl sites for hydroxylation is 1. The number of carbonyl (C=O) groups excluding carboxylic acids is 1. The first-order valence-electron chi connectivity index (χ1n) is 15.6. The molecule has 2 heterocycles. The molecule has 6 rings (SSSR count). The average Bonchev–Trinajstić information content (AvgIpc) is 3.04. The molecule has 4 nitrogen and oxygen atoms in total. The number of rotatable bonds is 7. The van der Waals surface area contributed by atoms with Gasteiger partial charge in [0.25, 0.3) is 5.91 Å². The van der Waals surface area contributed by atoms with Crippen molar-refractivity contribution in [2.24, 2.45) is 0 Å². The molecule has 0 aliphatic carbocycles. The highest BCUT2D eigenvalue weighted by molar-refractivity contribution is 5.96. The summed E-state index contributed by atoms with van der Waals surface area (Å²) in [4.78, 5) is 21.5. The lowest BCUT2D eigenvalue weighted by molar-refractivity contribution is 0.0246. The molecular formula is C38H43N3O.